The molecule has 0 aromatic rings. The van der Waals surface area contributed by atoms with Gasteiger partial charge in [-0.25, -0.2) is 0 Å². The zero-order valence-electron chi connectivity index (χ0n) is 10.1. The van der Waals surface area contributed by atoms with Crippen molar-refractivity contribution in [3.8, 4) is 0 Å². The Morgan fingerprint density at radius 3 is 2.62 bits per heavy atom. The quantitative estimate of drug-likeness (QED) is 0.677. The molecule has 0 spiro atoms. The summed E-state index contributed by atoms with van der Waals surface area (Å²) in [5, 5.41) is 0. The Hall–Kier alpha value is -1.10. The van der Waals surface area contributed by atoms with Crippen LogP contribution in [0.2, 0.25) is 0 Å². The van der Waals surface area contributed by atoms with Gasteiger partial charge in [-0.3, -0.25) is 14.5 Å². The van der Waals surface area contributed by atoms with Crippen molar-refractivity contribution in [2.45, 2.75) is 32.7 Å². The van der Waals surface area contributed by atoms with Gasteiger partial charge in [0.2, 0.25) is 0 Å². The largest absolute Gasteiger partial charge is 0.361 e. The predicted molar refractivity (Wildman–Crippen MR) is 61.7 cm³/mol. The second kappa shape index (κ2) is 5.84. The van der Waals surface area contributed by atoms with Crippen molar-refractivity contribution in [2.75, 3.05) is 26.2 Å². The summed E-state index contributed by atoms with van der Waals surface area (Å²) >= 11 is 0. The van der Waals surface area contributed by atoms with Crippen molar-refractivity contribution in [2.24, 2.45) is 5.73 Å². The minimum Gasteiger partial charge on any atom is -0.361 e. The zero-order chi connectivity index (χ0) is 12.1. The molecule has 1 fully saturated rings. The second-order valence-electron chi connectivity index (χ2n) is 4.13. The van der Waals surface area contributed by atoms with E-state index in [1.54, 1.807) is 4.90 Å². The number of carbonyl (C=O) groups is 2. The first-order chi connectivity index (χ1) is 7.60. The van der Waals surface area contributed by atoms with Gasteiger partial charge in [-0.15, -0.1) is 0 Å². The summed E-state index contributed by atoms with van der Waals surface area (Å²) in [6.45, 7) is 7.22. The number of primary amides is 1. The molecule has 1 aliphatic rings. The summed E-state index contributed by atoms with van der Waals surface area (Å²) in [4.78, 5) is 26.2. The van der Waals surface area contributed by atoms with Gasteiger partial charge in [-0.2, -0.15) is 0 Å². The van der Waals surface area contributed by atoms with Crippen molar-refractivity contribution in [3.05, 3.63) is 0 Å². The van der Waals surface area contributed by atoms with E-state index in [1.807, 2.05) is 6.92 Å². The number of hydrogen-bond acceptors (Lipinski definition) is 3. The Kier molecular flexibility index (Phi) is 4.73. The molecule has 1 aliphatic heterocycles. The predicted octanol–water partition coefficient (Wildman–Crippen LogP) is -0.195. The lowest BCUT2D eigenvalue weighted by molar-refractivity contribution is -0.144. The lowest BCUT2D eigenvalue weighted by atomic mass is 10.2. The van der Waals surface area contributed by atoms with E-state index in [2.05, 4.69) is 11.8 Å². The van der Waals surface area contributed by atoms with Crippen molar-refractivity contribution in [1.29, 1.82) is 0 Å². The van der Waals surface area contributed by atoms with Crippen LogP contribution in [0.15, 0.2) is 0 Å². The lowest BCUT2D eigenvalue weighted by Crippen LogP contribution is -2.47. The highest BCUT2D eigenvalue weighted by atomic mass is 16.2. The summed E-state index contributed by atoms with van der Waals surface area (Å²) in [6.07, 6.45) is 2.26. The van der Waals surface area contributed by atoms with Crippen LogP contribution in [0.25, 0.3) is 0 Å². The fourth-order valence-electron chi connectivity index (χ4n) is 2.28. The van der Waals surface area contributed by atoms with E-state index in [0.717, 1.165) is 19.5 Å². The smallest absolute Gasteiger partial charge is 0.311 e. The lowest BCUT2D eigenvalue weighted by Gasteiger charge is -2.28. The third-order valence-corrected chi connectivity index (χ3v) is 3.22. The van der Waals surface area contributed by atoms with E-state index in [9.17, 15) is 9.59 Å². The van der Waals surface area contributed by atoms with Gasteiger partial charge in [0.25, 0.3) is 0 Å². The standard InChI is InChI=1S/C11H21N3O2/c1-3-13-7-5-6-9(13)8-14(4-2)11(16)10(12)15/h9H,3-8H2,1-2H3,(H2,12,15)/t9-/m0/s1. The van der Waals surface area contributed by atoms with Gasteiger partial charge in [0.1, 0.15) is 0 Å². The van der Waals surface area contributed by atoms with E-state index >= 15 is 0 Å². The maximum Gasteiger partial charge on any atom is 0.311 e. The molecule has 92 valence electrons. The van der Waals surface area contributed by atoms with Crippen LogP contribution >= 0.6 is 0 Å². The number of nitrogens with two attached hydrogens (primary N) is 1. The van der Waals surface area contributed by atoms with E-state index in [0.29, 0.717) is 19.1 Å². The Morgan fingerprint density at radius 2 is 2.12 bits per heavy atom. The van der Waals surface area contributed by atoms with Crippen LogP contribution in [-0.2, 0) is 9.59 Å². The summed E-state index contributed by atoms with van der Waals surface area (Å²) < 4.78 is 0. The molecule has 0 saturated carbocycles. The van der Waals surface area contributed by atoms with E-state index in [-0.39, 0.29) is 0 Å². The van der Waals surface area contributed by atoms with Crippen LogP contribution in [-0.4, -0.2) is 53.8 Å². The maximum absolute atomic E-state index is 11.5. The molecule has 0 aliphatic carbocycles. The fourth-order valence-corrected chi connectivity index (χ4v) is 2.28. The normalized spacial score (nSPS) is 21.0. The SMILES string of the molecule is CCN(C[C@@H]1CCCN1CC)C(=O)C(N)=O. The first kappa shape index (κ1) is 13.0. The molecule has 1 atom stereocenters. The summed E-state index contributed by atoms with van der Waals surface area (Å²) in [5.41, 5.74) is 5.01. The number of likely N-dealkylation sites (tertiary alicyclic amines) is 1. The second-order valence-corrected chi connectivity index (χ2v) is 4.13. The molecule has 5 heteroatoms. The minimum absolute atomic E-state index is 0.383. The highest BCUT2D eigenvalue weighted by Crippen LogP contribution is 2.17. The number of amides is 2. The molecule has 0 unspecified atom stereocenters. The van der Waals surface area contributed by atoms with Crippen LogP contribution in [0.4, 0.5) is 0 Å². The average molecular weight is 227 g/mol. The third kappa shape index (κ3) is 2.95. The molecule has 1 heterocycles. The average Bonchev–Trinajstić information content (AvgIpc) is 2.71. The molecule has 0 bridgehead atoms. The van der Waals surface area contributed by atoms with Gasteiger partial charge in [0, 0.05) is 19.1 Å². The highest BCUT2D eigenvalue weighted by molar-refractivity contribution is 6.34. The van der Waals surface area contributed by atoms with Gasteiger partial charge < -0.3 is 10.6 Å². The Labute approximate surface area is 96.6 Å². The number of rotatable bonds is 4. The van der Waals surface area contributed by atoms with Crippen molar-refractivity contribution in [1.82, 2.24) is 9.80 Å². The van der Waals surface area contributed by atoms with E-state index in [4.69, 9.17) is 5.73 Å². The van der Waals surface area contributed by atoms with Crippen molar-refractivity contribution < 1.29 is 9.59 Å². The van der Waals surface area contributed by atoms with Crippen LogP contribution in [0.1, 0.15) is 26.7 Å². The Morgan fingerprint density at radius 1 is 1.44 bits per heavy atom. The first-order valence-corrected chi connectivity index (χ1v) is 5.92. The molecule has 0 aromatic carbocycles. The summed E-state index contributed by atoms with van der Waals surface area (Å²) in [6, 6.07) is 0.383. The molecule has 1 saturated heterocycles. The van der Waals surface area contributed by atoms with Gasteiger partial charge in [0.05, 0.1) is 0 Å². The summed E-state index contributed by atoms with van der Waals surface area (Å²) in [7, 11) is 0. The topological polar surface area (TPSA) is 66.6 Å². The number of carbonyl (C=O) groups excluding carboxylic acids is 2. The maximum atomic E-state index is 11.5. The summed E-state index contributed by atoms with van der Waals surface area (Å²) in [5.74, 6) is -1.42. The van der Waals surface area contributed by atoms with Crippen molar-refractivity contribution >= 4 is 11.8 Å². The van der Waals surface area contributed by atoms with Crippen LogP contribution < -0.4 is 5.73 Å². The molecular weight excluding hydrogens is 206 g/mol. The molecular formula is C11H21N3O2. The Balaban J connectivity index is 2.56. The van der Waals surface area contributed by atoms with Gasteiger partial charge in [-0.05, 0) is 32.9 Å². The van der Waals surface area contributed by atoms with E-state index in [1.165, 1.54) is 6.42 Å². The molecule has 0 radical (unpaired) electrons. The van der Waals surface area contributed by atoms with Gasteiger partial charge in [-0.1, -0.05) is 6.92 Å². The first-order valence-electron chi connectivity index (χ1n) is 5.92. The fraction of sp³-hybridized carbons (Fsp3) is 0.818. The Bertz CT molecular complexity index is 268. The molecule has 2 N–H and O–H groups in total. The van der Waals surface area contributed by atoms with Crippen LogP contribution in [0, 0.1) is 0 Å². The minimum atomic E-state index is -0.858. The van der Waals surface area contributed by atoms with Crippen LogP contribution in [0.5, 0.6) is 0 Å². The molecule has 2 amide bonds. The molecule has 1 rings (SSSR count). The third-order valence-electron chi connectivity index (χ3n) is 3.22. The number of hydrogen-bond donors (Lipinski definition) is 1. The molecule has 5 nitrogen and oxygen atoms in total. The number of likely N-dealkylation sites (N-methyl/N-ethyl adjacent to an activating group) is 2. The molecule has 16 heavy (non-hydrogen) atoms. The van der Waals surface area contributed by atoms with Gasteiger partial charge in [0.15, 0.2) is 0 Å². The van der Waals surface area contributed by atoms with Gasteiger partial charge >= 0.3 is 11.8 Å². The van der Waals surface area contributed by atoms with Crippen molar-refractivity contribution in [3.63, 3.8) is 0 Å². The molecule has 0 aromatic heterocycles. The zero-order valence-corrected chi connectivity index (χ0v) is 10.1. The monoisotopic (exact) mass is 227 g/mol. The van der Waals surface area contributed by atoms with E-state index < -0.39 is 11.8 Å². The number of nitrogens with zero attached hydrogens (tertiary/aromatic N) is 2. The van der Waals surface area contributed by atoms with Crippen LogP contribution in [0.3, 0.4) is 0 Å². The highest BCUT2D eigenvalue weighted by Gasteiger charge is 2.27.